The minimum Gasteiger partial charge on any atom is -0.381 e. The molecule has 0 spiro atoms. The minimum atomic E-state index is 0.311. The number of aromatic nitrogens is 5. The average molecular weight is 448 g/mol. The van der Waals surface area contributed by atoms with Gasteiger partial charge in [-0.25, -0.2) is 9.67 Å². The standard InChI is InChI=1S/C24H29N7O2/c1-4-31-23-19(15-26-31)22(27-17-9-11-32-12-10-17)20(14-25-23)24-28-21(29-33-24)13-16-5-7-18(8-6-16)30(2)3/h5-8,14-15,17H,4,9-13H2,1-3H3,(H,25,27). The van der Waals surface area contributed by atoms with E-state index in [1.54, 1.807) is 6.20 Å². The topological polar surface area (TPSA) is 94.1 Å². The minimum absolute atomic E-state index is 0.311. The van der Waals surface area contributed by atoms with Crippen LogP contribution in [0.25, 0.3) is 22.5 Å². The molecule has 1 fully saturated rings. The molecule has 4 aromatic rings. The van der Waals surface area contributed by atoms with Crippen molar-refractivity contribution in [2.75, 3.05) is 37.5 Å². The van der Waals surface area contributed by atoms with Gasteiger partial charge in [-0.1, -0.05) is 17.3 Å². The predicted molar refractivity (Wildman–Crippen MR) is 128 cm³/mol. The Morgan fingerprint density at radius 2 is 1.91 bits per heavy atom. The fourth-order valence-corrected chi connectivity index (χ4v) is 4.15. The molecule has 172 valence electrons. The summed E-state index contributed by atoms with van der Waals surface area (Å²) in [7, 11) is 4.06. The number of hydrogen-bond acceptors (Lipinski definition) is 8. The molecule has 1 aliphatic rings. The number of pyridine rings is 1. The molecular weight excluding hydrogens is 418 g/mol. The van der Waals surface area contributed by atoms with Gasteiger partial charge in [-0.3, -0.25) is 0 Å². The molecule has 9 nitrogen and oxygen atoms in total. The van der Waals surface area contributed by atoms with Crippen LogP contribution in [0.2, 0.25) is 0 Å². The van der Waals surface area contributed by atoms with Gasteiger partial charge in [-0.2, -0.15) is 10.1 Å². The molecule has 0 amide bonds. The fraction of sp³-hybridized carbons (Fsp3) is 0.417. The number of aryl methyl sites for hydroxylation is 1. The van der Waals surface area contributed by atoms with Crippen LogP contribution in [0.5, 0.6) is 0 Å². The van der Waals surface area contributed by atoms with Crippen LogP contribution >= 0.6 is 0 Å². The van der Waals surface area contributed by atoms with Gasteiger partial charge in [-0.05, 0) is 37.5 Å². The van der Waals surface area contributed by atoms with Gasteiger partial charge < -0.3 is 19.5 Å². The molecule has 33 heavy (non-hydrogen) atoms. The molecule has 0 unspecified atom stereocenters. The van der Waals surface area contributed by atoms with Gasteiger partial charge in [0, 0.05) is 58.2 Å². The largest absolute Gasteiger partial charge is 0.381 e. The highest BCUT2D eigenvalue weighted by Gasteiger charge is 2.22. The van der Waals surface area contributed by atoms with E-state index in [-0.39, 0.29) is 0 Å². The molecular formula is C24H29N7O2. The van der Waals surface area contributed by atoms with Gasteiger partial charge in [0.1, 0.15) is 0 Å². The van der Waals surface area contributed by atoms with E-state index in [0.29, 0.717) is 24.2 Å². The molecule has 1 aromatic carbocycles. The van der Waals surface area contributed by atoms with Crippen molar-refractivity contribution in [1.82, 2.24) is 24.9 Å². The first-order valence-corrected chi connectivity index (χ1v) is 11.4. The summed E-state index contributed by atoms with van der Waals surface area (Å²) >= 11 is 0. The first-order valence-electron chi connectivity index (χ1n) is 11.4. The Kier molecular flexibility index (Phi) is 5.95. The quantitative estimate of drug-likeness (QED) is 0.458. The van der Waals surface area contributed by atoms with E-state index in [1.165, 1.54) is 0 Å². The zero-order valence-corrected chi connectivity index (χ0v) is 19.3. The van der Waals surface area contributed by atoms with Crippen molar-refractivity contribution >= 4 is 22.4 Å². The summed E-state index contributed by atoms with van der Waals surface area (Å²) in [6, 6.07) is 8.68. The number of nitrogens with one attached hydrogen (secondary N) is 1. The number of ether oxygens (including phenoxy) is 1. The van der Waals surface area contributed by atoms with Gasteiger partial charge in [-0.15, -0.1) is 0 Å². The monoisotopic (exact) mass is 447 g/mol. The van der Waals surface area contributed by atoms with E-state index in [4.69, 9.17) is 14.2 Å². The molecule has 1 saturated heterocycles. The van der Waals surface area contributed by atoms with Crippen molar-refractivity contribution in [3.8, 4) is 11.5 Å². The lowest BCUT2D eigenvalue weighted by atomic mass is 10.1. The third-order valence-corrected chi connectivity index (χ3v) is 6.05. The Labute approximate surface area is 192 Å². The molecule has 5 rings (SSSR count). The molecule has 0 aliphatic carbocycles. The zero-order chi connectivity index (χ0) is 22.8. The Bertz CT molecular complexity index is 1220. The van der Waals surface area contributed by atoms with Gasteiger partial charge >= 0.3 is 0 Å². The molecule has 9 heteroatoms. The third-order valence-electron chi connectivity index (χ3n) is 6.05. The summed E-state index contributed by atoms with van der Waals surface area (Å²) in [6.45, 7) is 4.33. The fourth-order valence-electron chi connectivity index (χ4n) is 4.15. The molecule has 0 atom stereocenters. The van der Waals surface area contributed by atoms with Crippen LogP contribution in [0.4, 0.5) is 11.4 Å². The number of rotatable bonds is 7. The van der Waals surface area contributed by atoms with Crippen molar-refractivity contribution < 1.29 is 9.26 Å². The third kappa shape index (κ3) is 4.41. The van der Waals surface area contributed by atoms with E-state index in [9.17, 15) is 0 Å². The van der Waals surface area contributed by atoms with Crippen LogP contribution in [0.3, 0.4) is 0 Å². The van der Waals surface area contributed by atoms with E-state index < -0.39 is 0 Å². The molecule has 0 saturated carbocycles. The molecule has 0 radical (unpaired) electrons. The second kappa shape index (κ2) is 9.19. The Hall–Kier alpha value is -3.46. The van der Waals surface area contributed by atoms with E-state index in [2.05, 4.69) is 56.6 Å². The number of anilines is 2. The van der Waals surface area contributed by atoms with Crippen molar-refractivity contribution in [2.24, 2.45) is 0 Å². The maximum absolute atomic E-state index is 5.70. The normalized spacial score (nSPS) is 14.6. The zero-order valence-electron chi connectivity index (χ0n) is 19.3. The average Bonchev–Trinajstić information content (AvgIpc) is 3.47. The number of hydrogen-bond donors (Lipinski definition) is 1. The summed E-state index contributed by atoms with van der Waals surface area (Å²) in [5, 5.41) is 13.4. The van der Waals surface area contributed by atoms with E-state index in [0.717, 1.165) is 66.1 Å². The lowest BCUT2D eigenvalue weighted by molar-refractivity contribution is 0.0905. The first kappa shape index (κ1) is 21.4. The van der Waals surface area contributed by atoms with Crippen molar-refractivity contribution in [3.63, 3.8) is 0 Å². The maximum Gasteiger partial charge on any atom is 0.261 e. The predicted octanol–water partition coefficient (Wildman–Crippen LogP) is 3.75. The highest BCUT2D eigenvalue weighted by atomic mass is 16.5. The van der Waals surface area contributed by atoms with E-state index >= 15 is 0 Å². The van der Waals surface area contributed by atoms with Gasteiger partial charge in [0.05, 0.1) is 22.8 Å². The molecule has 0 bridgehead atoms. The second-order valence-corrected chi connectivity index (χ2v) is 8.53. The lowest BCUT2D eigenvalue weighted by Gasteiger charge is -2.25. The molecule has 3 aromatic heterocycles. The summed E-state index contributed by atoms with van der Waals surface area (Å²) < 4.78 is 13.1. The van der Waals surface area contributed by atoms with Gasteiger partial charge in [0.15, 0.2) is 11.5 Å². The van der Waals surface area contributed by atoms with Crippen LogP contribution in [0.1, 0.15) is 31.2 Å². The van der Waals surface area contributed by atoms with Crippen LogP contribution in [0, 0.1) is 0 Å². The Morgan fingerprint density at radius 1 is 1.12 bits per heavy atom. The van der Waals surface area contributed by atoms with Crippen molar-refractivity contribution in [1.29, 1.82) is 0 Å². The number of fused-ring (bicyclic) bond motifs is 1. The van der Waals surface area contributed by atoms with E-state index in [1.807, 2.05) is 25.0 Å². The van der Waals surface area contributed by atoms with Crippen molar-refractivity contribution in [3.05, 3.63) is 48.0 Å². The smallest absolute Gasteiger partial charge is 0.261 e. The van der Waals surface area contributed by atoms with Crippen LogP contribution < -0.4 is 10.2 Å². The van der Waals surface area contributed by atoms with Crippen LogP contribution in [0.15, 0.2) is 41.2 Å². The highest BCUT2D eigenvalue weighted by Crippen LogP contribution is 2.34. The summed E-state index contributed by atoms with van der Waals surface area (Å²) in [6.07, 6.45) is 6.16. The lowest BCUT2D eigenvalue weighted by Crippen LogP contribution is -2.28. The van der Waals surface area contributed by atoms with Crippen molar-refractivity contribution in [2.45, 2.75) is 38.8 Å². The number of benzene rings is 1. The summed E-state index contributed by atoms with van der Waals surface area (Å²) in [4.78, 5) is 11.4. The summed E-state index contributed by atoms with van der Waals surface area (Å²) in [5.74, 6) is 1.10. The highest BCUT2D eigenvalue weighted by molar-refractivity contribution is 5.96. The first-order chi connectivity index (χ1) is 16.1. The Morgan fingerprint density at radius 3 is 2.64 bits per heavy atom. The summed E-state index contributed by atoms with van der Waals surface area (Å²) in [5.41, 5.74) is 4.87. The second-order valence-electron chi connectivity index (χ2n) is 8.53. The maximum atomic E-state index is 5.70. The van der Waals surface area contributed by atoms with Gasteiger partial charge in [0.25, 0.3) is 5.89 Å². The van der Waals surface area contributed by atoms with Crippen LogP contribution in [-0.2, 0) is 17.7 Å². The molecule has 1 N–H and O–H groups in total. The molecule has 4 heterocycles. The number of nitrogens with zero attached hydrogens (tertiary/aromatic N) is 6. The molecule has 1 aliphatic heterocycles. The SMILES string of the molecule is CCn1ncc2c(NC3CCOCC3)c(-c3nc(Cc4ccc(N(C)C)cc4)no3)cnc21. The Balaban J connectivity index is 1.46. The van der Waals surface area contributed by atoms with Crippen LogP contribution in [-0.4, -0.2) is 58.3 Å². The van der Waals surface area contributed by atoms with Gasteiger partial charge in [0.2, 0.25) is 0 Å².